The molecule has 0 saturated carbocycles. The summed E-state index contributed by atoms with van der Waals surface area (Å²) in [6, 6.07) is 109. The lowest BCUT2D eigenvalue weighted by Crippen LogP contribution is -2.26. The first kappa shape index (κ1) is 43.5. The molecule has 1 spiro atoms. The number of hydrogen-bond acceptors (Lipinski definition) is 0. The minimum Gasteiger partial charge on any atom is -0.0622 e. The zero-order chi connectivity index (χ0) is 50.6. The quantitative estimate of drug-likeness (QED) is 0.146. The van der Waals surface area contributed by atoms with Crippen LogP contribution >= 0.6 is 0 Å². The fourth-order valence-electron chi connectivity index (χ4n) is 14.1. The molecule has 2 aliphatic rings. The second kappa shape index (κ2) is 17.1. The fourth-order valence-corrected chi connectivity index (χ4v) is 14.1. The van der Waals surface area contributed by atoms with Crippen molar-refractivity contribution in [2.75, 3.05) is 0 Å². The van der Waals surface area contributed by atoms with Crippen LogP contribution in [-0.4, -0.2) is 0 Å². The van der Waals surface area contributed by atoms with E-state index in [-0.39, 0.29) is 0 Å². The molecule has 0 saturated heterocycles. The Bertz CT molecular complexity index is 4310. The first-order valence-corrected chi connectivity index (χ1v) is 26.9. The Labute approximate surface area is 448 Å². The van der Waals surface area contributed by atoms with E-state index in [2.05, 4.69) is 291 Å². The number of hydrogen-bond donors (Lipinski definition) is 0. The zero-order valence-corrected chi connectivity index (χ0v) is 42.2. The van der Waals surface area contributed by atoms with Crippen LogP contribution in [0.4, 0.5) is 0 Å². The van der Waals surface area contributed by atoms with E-state index in [1.54, 1.807) is 0 Å². The summed E-state index contributed by atoms with van der Waals surface area (Å²) in [5.74, 6) is 0. The van der Waals surface area contributed by atoms with Crippen LogP contribution < -0.4 is 0 Å². The van der Waals surface area contributed by atoms with Gasteiger partial charge in [0.2, 0.25) is 0 Å². The van der Waals surface area contributed by atoms with Gasteiger partial charge in [0.05, 0.1) is 5.41 Å². The van der Waals surface area contributed by atoms with Gasteiger partial charge in [0.1, 0.15) is 0 Å². The monoisotopic (exact) mass is 972 g/mol. The third kappa shape index (κ3) is 6.28. The van der Waals surface area contributed by atoms with Crippen LogP contribution in [0.1, 0.15) is 22.3 Å². The van der Waals surface area contributed by atoms with Gasteiger partial charge in [-0.1, -0.05) is 279 Å². The van der Waals surface area contributed by atoms with Crippen molar-refractivity contribution in [2.24, 2.45) is 0 Å². The molecule has 0 N–H and O–H groups in total. The van der Waals surface area contributed by atoms with E-state index in [9.17, 15) is 0 Å². The summed E-state index contributed by atoms with van der Waals surface area (Å²) in [5, 5.41) is 9.98. The van der Waals surface area contributed by atoms with Crippen LogP contribution in [0.2, 0.25) is 0 Å². The lowest BCUT2D eigenvalue weighted by atomic mass is 9.69. The van der Waals surface area contributed by atoms with Gasteiger partial charge >= 0.3 is 0 Å². The molecule has 77 heavy (non-hydrogen) atoms. The topological polar surface area (TPSA) is 0 Å². The van der Waals surface area contributed by atoms with Crippen molar-refractivity contribution in [1.29, 1.82) is 0 Å². The largest absolute Gasteiger partial charge is 0.0725 e. The smallest absolute Gasteiger partial charge is 0.0622 e. The average molecular weight is 973 g/mol. The molecule has 356 valence electrons. The highest BCUT2D eigenvalue weighted by molar-refractivity contribution is 6.24. The lowest BCUT2D eigenvalue weighted by molar-refractivity contribution is 0.794. The minimum atomic E-state index is -0.579. The molecule has 0 bridgehead atoms. The molecule has 0 heterocycles. The van der Waals surface area contributed by atoms with Gasteiger partial charge < -0.3 is 0 Å². The summed E-state index contributed by atoms with van der Waals surface area (Å²) in [6.07, 6.45) is 0. The zero-order valence-electron chi connectivity index (χ0n) is 42.2. The molecule has 14 aromatic rings. The first-order valence-electron chi connectivity index (χ1n) is 26.9. The number of fused-ring (bicyclic) bond motifs is 14. The number of rotatable bonds is 6. The fraction of sp³-hybridized carbons (Fsp3) is 0.0130. The predicted molar refractivity (Wildman–Crippen MR) is 325 cm³/mol. The highest BCUT2D eigenvalue weighted by atomic mass is 14.5. The molecule has 0 nitrogen and oxygen atoms in total. The molecule has 0 aromatic heterocycles. The van der Waals surface area contributed by atoms with E-state index in [4.69, 9.17) is 0 Å². The maximum absolute atomic E-state index is 2.57. The summed E-state index contributed by atoms with van der Waals surface area (Å²) < 4.78 is 0. The van der Waals surface area contributed by atoms with Crippen LogP contribution in [-0.2, 0) is 5.41 Å². The van der Waals surface area contributed by atoms with Gasteiger partial charge in [-0.05, 0) is 166 Å². The Balaban J connectivity index is 0.952. The van der Waals surface area contributed by atoms with Gasteiger partial charge in [-0.3, -0.25) is 0 Å². The van der Waals surface area contributed by atoms with Crippen molar-refractivity contribution >= 4 is 43.1 Å². The third-order valence-corrected chi connectivity index (χ3v) is 17.1. The Morgan fingerprint density at radius 3 is 0.766 bits per heavy atom. The van der Waals surface area contributed by atoms with E-state index in [0.29, 0.717) is 0 Å². The maximum atomic E-state index is 2.57. The number of benzene rings is 14. The summed E-state index contributed by atoms with van der Waals surface area (Å²) >= 11 is 0. The van der Waals surface area contributed by atoms with E-state index < -0.39 is 5.41 Å². The van der Waals surface area contributed by atoms with Crippen molar-refractivity contribution in [2.45, 2.75) is 5.41 Å². The van der Waals surface area contributed by atoms with Crippen LogP contribution in [0.25, 0.3) is 132 Å². The van der Waals surface area contributed by atoms with Crippen LogP contribution in [0.3, 0.4) is 0 Å². The van der Waals surface area contributed by atoms with E-state index >= 15 is 0 Å². The Morgan fingerprint density at radius 2 is 0.416 bits per heavy atom. The molecular formula is C77H48. The second-order valence-corrected chi connectivity index (χ2v) is 20.9. The highest BCUT2D eigenvalue weighted by Crippen LogP contribution is 2.64. The molecule has 0 aliphatic heterocycles. The van der Waals surface area contributed by atoms with Crippen LogP contribution in [0.5, 0.6) is 0 Å². The molecule has 0 atom stereocenters. The third-order valence-electron chi connectivity index (χ3n) is 17.1. The van der Waals surface area contributed by atoms with Gasteiger partial charge in [-0.25, -0.2) is 0 Å². The molecule has 2 aliphatic carbocycles. The van der Waals surface area contributed by atoms with Gasteiger partial charge in [0.25, 0.3) is 0 Å². The molecule has 0 radical (unpaired) electrons. The van der Waals surface area contributed by atoms with Gasteiger partial charge in [0, 0.05) is 0 Å². The van der Waals surface area contributed by atoms with Crippen molar-refractivity contribution in [3.05, 3.63) is 313 Å². The highest BCUT2D eigenvalue weighted by Gasteiger charge is 2.52. The van der Waals surface area contributed by atoms with E-state index in [1.165, 1.54) is 154 Å². The van der Waals surface area contributed by atoms with Crippen molar-refractivity contribution in [3.63, 3.8) is 0 Å². The van der Waals surface area contributed by atoms with Crippen LogP contribution in [0.15, 0.2) is 291 Å². The lowest BCUT2D eigenvalue weighted by Gasteiger charge is -2.31. The van der Waals surface area contributed by atoms with E-state index in [0.717, 1.165) is 0 Å². The summed E-state index contributed by atoms with van der Waals surface area (Å²) in [4.78, 5) is 0. The van der Waals surface area contributed by atoms with E-state index in [1.807, 2.05) is 0 Å². The molecule has 0 heteroatoms. The SMILES string of the molecule is c1ccc(-c2ccccc2-c2c3ccccc3c(-c3ccc4c(c3)C3(c5ccccc5-4)c4ccccc4-c4ccc(-c5c6ccccc6c(-c6ccccc6-c6ccccc6)c6ccccc56)cc43)c3ccccc23)cc1. The van der Waals surface area contributed by atoms with Gasteiger partial charge in [-0.2, -0.15) is 0 Å². The van der Waals surface area contributed by atoms with Crippen molar-refractivity contribution in [3.8, 4) is 89.0 Å². The van der Waals surface area contributed by atoms with Crippen molar-refractivity contribution < 1.29 is 0 Å². The van der Waals surface area contributed by atoms with Gasteiger partial charge in [-0.15, -0.1) is 0 Å². The minimum absolute atomic E-state index is 0.579. The summed E-state index contributed by atoms with van der Waals surface area (Å²) in [5.41, 5.74) is 24.8. The van der Waals surface area contributed by atoms with Gasteiger partial charge in [0.15, 0.2) is 0 Å². The Kier molecular flexibility index (Phi) is 9.65. The molecular weight excluding hydrogens is 925 g/mol. The molecule has 0 amide bonds. The normalized spacial score (nSPS) is 12.8. The average Bonchev–Trinajstić information content (AvgIpc) is 4.21. The summed E-state index contributed by atoms with van der Waals surface area (Å²) in [7, 11) is 0. The maximum Gasteiger partial charge on any atom is 0.0725 e. The van der Waals surface area contributed by atoms with Crippen molar-refractivity contribution in [1.82, 2.24) is 0 Å². The predicted octanol–water partition coefficient (Wildman–Crippen LogP) is 20.6. The molecule has 14 aromatic carbocycles. The first-order chi connectivity index (χ1) is 38.3. The standard InChI is InChI=1S/C77H48/c1-3-23-49(24-4-1)53-27-7-9-31-59(53)75-65-37-15-11-33-61(65)73(62-34-12-16-38-66(62)75)51-43-45-57-55-29-19-21-41-69(55)77(71(57)47-51)70-42-22-20-30-56(70)58-46-44-52(48-72(58)77)74-63-35-13-17-39-67(63)76(68-40-18-14-36-64(68)74)60-32-10-8-28-54(60)50-25-5-2-6-26-50/h1-48H. The molecule has 0 unspecified atom stereocenters. The molecule has 16 rings (SSSR count). The Morgan fingerprint density at radius 1 is 0.156 bits per heavy atom. The second-order valence-electron chi connectivity index (χ2n) is 20.9. The molecule has 0 fully saturated rings. The Hall–Kier alpha value is -9.88. The van der Waals surface area contributed by atoms with Crippen LogP contribution in [0, 0.1) is 0 Å². The summed E-state index contributed by atoms with van der Waals surface area (Å²) in [6.45, 7) is 0.